The Morgan fingerprint density at radius 2 is 1.93 bits per heavy atom. The summed E-state index contributed by atoms with van der Waals surface area (Å²) in [4.78, 5) is 13.3. The average molecular weight is 448 g/mol. The fourth-order valence-electron chi connectivity index (χ4n) is 3.28. The van der Waals surface area contributed by atoms with Gasteiger partial charge in [0, 0.05) is 17.6 Å². The largest absolute Gasteiger partial charge is 0.465 e. The highest BCUT2D eigenvalue weighted by Gasteiger charge is 2.25. The first-order valence-corrected chi connectivity index (χ1v) is 10.5. The van der Waals surface area contributed by atoms with E-state index in [1.165, 1.54) is 4.90 Å². The molecular formula is C22H26BrNO4. The molecule has 1 aliphatic rings. The third-order valence-electron chi connectivity index (χ3n) is 4.87. The zero-order valence-corrected chi connectivity index (χ0v) is 17.4. The van der Waals surface area contributed by atoms with Crippen LogP contribution in [0.4, 0.5) is 4.79 Å². The Labute approximate surface area is 174 Å². The van der Waals surface area contributed by atoms with Crippen LogP contribution in [0.5, 0.6) is 0 Å². The van der Waals surface area contributed by atoms with Crippen LogP contribution in [0.15, 0.2) is 59.1 Å². The number of nitrogens with zero attached hydrogens (tertiary/aromatic N) is 1. The molecule has 2 atom stereocenters. The fourth-order valence-corrected chi connectivity index (χ4v) is 3.54. The minimum Gasteiger partial charge on any atom is -0.465 e. The monoisotopic (exact) mass is 447 g/mol. The lowest BCUT2D eigenvalue weighted by Gasteiger charge is -2.31. The van der Waals surface area contributed by atoms with Gasteiger partial charge in [0.2, 0.25) is 0 Å². The quantitative estimate of drug-likeness (QED) is 0.599. The van der Waals surface area contributed by atoms with Crippen LogP contribution in [0.2, 0.25) is 0 Å². The van der Waals surface area contributed by atoms with E-state index < -0.39 is 6.09 Å². The molecule has 1 N–H and O–H groups in total. The minimum atomic E-state index is -0.939. The van der Waals surface area contributed by atoms with Crippen LogP contribution >= 0.6 is 15.9 Å². The molecule has 3 rings (SSSR count). The highest BCUT2D eigenvalue weighted by atomic mass is 79.9. The lowest BCUT2D eigenvalue weighted by atomic mass is 10.1. The minimum absolute atomic E-state index is 0.274. The van der Waals surface area contributed by atoms with Gasteiger partial charge in [0.25, 0.3) is 0 Å². The summed E-state index contributed by atoms with van der Waals surface area (Å²) in [5.74, 6) is 0. The first kappa shape index (κ1) is 20.8. The second kappa shape index (κ2) is 10.6. The second-order valence-corrected chi connectivity index (χ2v) is 7.85. The summed E-state index contributed by atoms with van der Waals surface area (Å²) in [5.41, 5.74) is 2.06. The molecular weight excluding hydrogens is 422 g/mol. The number of hydrogen-bond acceptors (Lipinski definition) is 3. The lowest BCUT2D eigenvalue weighted by molar-refractivity contribution is -0.192. The van der Waals surface area contributed by atoms with E-state index in [1.54, 1.807) is 0 Å². The number of rotatable bonds is 8. The van der Waals surface area contributed by atoms with Crippen molar-refractivity contribution < 1.29 is 19.4 Å². The third-order valence-corrected chi connectivity index (χ3v) is 5.39. The summed E-state index contributed by atoms with van der Waals surface area (Å²) in [6.07, 6.45) is 2.04. The lowest BCUT2D eigenvalue weighted by Crippen LogP contribution is -2.37. The van der Waals surface area contributed by atoms with Crippen LogP contribution < -0.4 is 0 Å². The summed E-state index contributed by atoms with van der Waals surface area (Å²) in [5, 5.41) is 9.73. The van der Waals surface area contributed by atoms with Crippen molar-refractivity contribution in [2.24, 2.45) is 0 Å². The van der Waals surface area contributed by atoms with Crippen LogP contribution in [0.25, 0.3) is 0 Å². The Kier molecular flexibility index (Phi) is 7.89. The Morgan fingerprint density at radius 3 is 2.57 bits per heavy atom. The van der Waals surface area contributed by atoms with Crippen LogP contribution in [-0.4, -0.2) is 42.1 Å². The van der Waals surface area contributed by atoms with Gasteiger partial charge in [0.05, 0.1) is 6.54 Å². The first-order valence-electron chi connectivity index (χ1n) is 9.66. The molecule has 0 saturated carbocycles. The Hall–Kier alpha value is -1.89. The normalized spacial score (nSPS) is 17.8. The van der Waals surface area contributed by atoms with E-state index >= 15 is 0 Å². The maximum Gasteiger partial charge on any atom is 0.407 e. The molecule has 5 nitrogen and oxygen atoms in total. The number of hydrogen-bond donors (Lipinski definition) is 1. The molecule has 1 saturated heterocycles. The number of benzene rings is 2. The zero-order valence-electron chi connectivity index (χ0n) is 15.8. The topological polar surface area (TPSA) is 59.0 Å². The number of carboxylic acid groups (broad SMARTS) is 1. The average Bonchev–Trinajstić information content (AvgIpc) is 2.72. The molecule has 1 amide bonds. The molecule has 0 radical (unpaired) electrons. The summed E-state index contributed by atoms with van der Waals surface area (Å²) in [6.45, 7) is 1.38. The van der Waals surface area contributed by atoms with Crippen molar-refractivity contribution >= 4 is 22.0 Å². The van der Waals surface area contributed by atoms with E-state index in [9.17, 15) is 9.90 Å². The molecule has 2 aromatic rings. The molecule has 2 aromatic carbocycles. The van der Waals surface area contributed by atoms with Crippen molar-refractivity contribution in [3.05, 3.63) is 70.2 Å². The Balaban J connectivity index is 1.68. The standard InChI is InChI=1S/C22H26BrNO4/c23-19-11-9-17(10-12-19)13-14-24(22(25)26)16-20(18-6-2-1-3-7-18)28-21-8-4-5-15-27-21/h1-3,6-7,9-12,20-21H,4-5,8,13-16H2,(H,25,26)/t20-,21?/m0/s1. The maximum atomic E-state index is 11.9. The Morgan fingerprint density at radius 1 is 1.18 bits per heavy atom. The Bertz CT molecular complexity index is 732. The highest BCUT2D eigenvalue weighted by Crippen LogP contribution is 2.25. The van der Waals surface area contributed by atoms with E-state index in [1.807, 2.05) is 54.6 Å². The summed E-state index contributed by atoms with van der Waals surface area (Å²) >= 11 is 3.42. The second-order valence-electron chi connectivity index (χ2n) is 6.94. The van der Waals surface area contributed by atoms with Crippen molar-refractivity contribution in [1.82, 2.24) is 4.90 Å². The van der Waals surface area contributed by atoms with E-state index in [0.29, 0.717) is 19.6 Å². The molecule has 0 aliphatic carbocycles. The SMILES string of the molecule is O=C(O)N(CCc1ccc(Br)cc1)C[C@H](OC1CCCCO1)c1ccccc1. The van der Waals surface area contributed by atoms with Crippen molar-refractivity contribution in [3.8, 4) is 0 Å². The van der Waals surface area contributed by atoms with Gasteiger partial charge in [0.1, 0.15) is 6.10 Å². The van der Waals surface area contributed by atoms with E-state index in [2.05, 4.69) is 15.9 Å². The third kappa shape index (κ3) is 6.33. The number of amides is 1. The van der Waals surface area contributed by atoms with Crippen LogP contribution in [0, 0.1) is 0 Å². The predicted octanol–water partition coefficient (Wildman–Crippen LogP) is 5.26. The molecule has 6 heteroatoms. The predicted molar refractivity (Wildman–Crippen MR) is 111 cm³/mol. The first-order chi connectivity index (χ1) is 13.6. The zero-order chi connectivity index (χ0) is 19.8. The summed E-state index contributed by atoms with van der Waals surface area (Å²) in [6, 6.07) is 17.7. The van der Waals surface area contributed by atoms with Crippen LogP contribution in [0.1, 0.15) is 36.5 Å². The molecule has 1 unspecified atom stereocenters. The van der Waals surface area contributed by atoms with E-state index in [0.717, 1.165) is 34.9 Å². The maximum absolute atomic E-state index is 11.9. The van der Waals surface area contributed by atoms with Crippen molar-refractivity contribution in [3.63, 3.8) is 0 Å². The van der Waals surface area contributed by atoms with E-state index in [-0.39, 0.29) is 18.9 Å². The fraction of sp³-hybridized carbons (Fsp3) is 0.409. The van der Waals surface area contributed by atoms with Gasteiger partial charge in [-0.05, 0) is 48.9 Å². The van der Waals surface area contributed by atoms with Crippen molar-refractivity contribution in [2.45, 2.75) is 38.1 Å². The van der Waals surface area contributed by atoms with Crippen molar-refractivity contribution in [2.75, 3.05) is 19.7 Å². The summed E-state index contributed by atoms with van der Waals surface area (Å²) < 4.78 is 12.9. The number of ether oxygens (including phenoxy) is 2. The molecule has 28 heavy (non-hydrogen) atoms. The molecule has 0 spiro atoms. The van der Waals surface area contributed by atoms with Gasteiger partial charge in [-0.2, -0.15) is 0 Å². The van der Waals surface area contributed by atoms with Crippen molar-refractivity contribution in [1.29, 1.82) is 0 Å². The number of carbonyl (C=O) groups is 1. The van der Waals surface area contributed by atoms with Gasteiger partial charge >= 0.3 is 6.09 Å². The van der Waals surface area contributed by atoms with Gasteiger partial charge < -0.3 is 19.5 Å². The van der Waals surface area contributed by atoms with Gasteiger partial charge in [0.15, 0.2) is 6.29 Å². The molecule has 1 heterocycles. The smallest absolute Gasteiger partial charge is 0.407 e. The highest BCUT2D eigenvalue weighted by molar-refractivity contribution is 9.10. The van der Waals surface area contributed by atoms with Crippen LogP contribution in [-0.2, 0) is 15.9 Å². The van der Waals surface area contributed by atoms with E-state index in [4.69, 9.17) is 9.47 Å². The molecule has 150 valence electrons. The van der Waals surface area contributed by atoms with Gasteiger partial charge in [-0.3, -0.25) is 0 Å². The van der Waals surface area contributed by atoms with Gasteiger partial charge in [-0.15, -0.1) is 0 Å². The van der Waals surface area contributed by atoms with Crippen LogP contribution in [0.3, 0.4) is 0 Å². The molecule has 0 bridgehead atoms. The van der Waals surface area contributed by atoms with Gasteiger partial charge in [-0.1, -0.05) is 58.4 Å². The molecule has 1 fully saturated rings. The van der Waals surface area contributed by atoms with Gasteiger partial charge in [-0.25, -0.2) is 4.79 Å². The molecule has 1 aliphatic heterocycles. The summed E-state index contributed by atoms with van der Waals surface area (Å²) in [7, 11) is 0. The molecule has 0 aromatic heterocycles. The number of halogens is 1.